The number of hydrogen-bond acceptors (Lipinski definition) is 5. The summed E-state index contributed by atoms with van der Waals surface area (Å²) in [6.07, 6.45) is 3.54. The molecule has 2 atom stereocenters. The van der Waals surface area contributed by atoms with Gasteiger partial charge in [-0.1, -0.05) is 13.8 Å². The number of aromatic nitrogens is 4. The molecule has 8 nitrogen and oxygen atoms in total. The van der Waals surface area contributed by atoms with Gasteiger partial charge in [-0.15, -0.1) is 0 Å². The number of carbonyl (C=O) groups is 1. The fourth-order valence-corrected chi connectivity index (χ4v) is 5.81. The van der Waals surface area contributed by atoms with Crippen LogP contribution in [0, 0.1) is 11.2 Å². The van der Waals surface area contributed by atoms with E-state index in [0.717, 1.165) is 39.8 Å². The number of aromatic amines is 1. The molecule has 0 radical (unpaired) electrons. The molecule has 190 valence electrons. The summed E-state index contributed by atoms with van der Waals surface area (Å²) in [5.41, 5.74) is 3.72. The first-order valence-electron chi connectivity index (χ1n) is 12.0. The molecule has 36 heavy (non-hydrogen) atoms. The van der Waals surface area contributed by atoms with Gasteiger partial charge in [-0.2, -0.15) is 5.10 Å². The summed E-state index contributed by atoms with van der Waals surface area (Å²) in [4.78, 5) is 17.1. The van der Waals surface area contributed by atoms with Crippen molar-refractivity contribution < 1.29 is 23.8 Å². The van der Waals surface area contributed by atoms with Crippen molar-refractivity contribution in [1.29, 1.82) is 0 Å². The summed E-state index contributed by atoms with van der Waals surface area (Å²) in [5, 5.41) is 17.9. The zero-order valence-electron chi connectivity index (χ0n) is 21.2. The smallest absolute Gasteiger partial charge is 0.309 e. The van der Waals surface area contributed by atoms with Crippen LogP contribution < -0.4 is 4.74 Å². The molecule has 9 heteroatoms. The van der Waals surface area contributed by atoms with Crippen LogP contribution in [-0.2, 0) is 14.9 Å². The maximum atomic E-state index is 14.4. The van der Waals surface area contributed by atoms with E-state index in [1.54, 1.807) is 25.4 Å². The number of benzene rings is 1. The summed E-state index contributed by atoms with van der Waals surface area (Å²) in [7, 11) is 3.11. The maximum Gasteiger partial charge on any atom is 0.309 e. The highest BCUT2D eigenvalue weighted by Crippen LogP contribution is 2.51. The molecule has 1 aromatic carbocycles. The number of H-pyrrole nitrogens is 1. The van der Waals surface area contributed by atoms with E-state index in [1.807, 2.05) is 13.0 Å². The number of nitrogens with one attached hydrogen (secondary N) is 1. The fourth-order valence-electron chi connectivity index (χ4n) is 5.81. The van der Waals surface area contributed by atoms with Gasteiger partial charge in [0.2, 0.25) is 0 Å². The Morgan fingerprint density at radius 2 is 2.11 bits per heavy atom. The van der Waals surface area contributed by atoms with Gasteiger partial charge in [-0.05, 0) is 50.3 Å². The Bertz CT molecular complexity index is 1470. The molecule has 0 spiro atoms. The lowest BCUT2D eigenvalue weighted by molar-refractivity contribution is -0.147. The number of pyridine rings is 1. The second-order valence-corrected chi connectivity index (χ2v) is 10.7. The summed E-state index contributed by atoms with van der Waals surface area (Å²) in [6, 6.07) is 6.83. The molecule has 2 N–H and O–H groups in total. The molecule has 1 aliphatic carbocycles. The van der Waals surface area contributed by atoms with E-state index in [4.69, 9.17) is 14.5 Å². The van der Waals surface area contributed by atoms with Gasteiger partial charge in [0.05, 0.1) is 36.4 Å². The molecule has 5 rings (SSSR count). The number of carboxylic acid groups (broad SMARTS) is 1. The van der Waals surface area contributed by atoms with Crippen LogP contribution in [0.4, 0.5) is 4.39 Å². The summed E-state index contributed by atoms with van der Waals surface area (Å²) in [6.45, 7) is 6.45. The number of ether oxygens (including phenoxy) is 2. The zero-order chi connectivity index (χ0) is 25.8. The Morgan fingerprint density at radius 1 is 1.33 bits per heavy atom. The number of rotatable bonds is 7. The van der Waals surface area contributed by atoms with Crippen LogP contribution in [0.2, 0.25) is 0 Å². The standard InChI is InChI=1S/C27H31FN4O4/c1-26(2,14-35-4)23-21(15-8-9-27(3,12-15)25(33)34)22-19(10-16-13-29-31-24(16)30-22)32(23)17-6-7-18(28)20(11-17)36-5/h6-7,10-11,13,15H,8-9,12,14H2,1-5H3,(H,33,34)(H,29,30,31)/t15-,27-/m1/s1. The molecule has 0 unspecified atom stereocenters. The second kappa shape index (κ2) is 8.58. The van der Waals surface area contributed by atoms with Crippen LogP contribution in [0.5, 0.6) is 5.75 Å². The molecule has 0 amide bonds. The van der Waals surface area contributed by atoms with Gasteiger partial charge in [0.15, 0.2) is 17.2 Å². The van der Waals surface area contributed by atoms with E-state index >= 15 is 0 Å². The number of hydrogen-bond donors (Lipinski definition) is 2. The second-order valence-electron chi connectivity index (χ2n) is 10.7. The van der Waals surface area contributed by atoms with E-state index < -0.39 is 22.6 Å². The van der Waals surface area contributed by atoms with Crippen molar-refractivity contribution >= 4 is 28.0 Å². The summed E-state index contributed by atoms with van der Waals surface area (Å²) in [5.74, 6) is -1.10. The van der Waals surface area contributed by atoms with Crippen LogP contribution in [-0.4, -0.2) is 51.7 Å². The Balaban J connectivity index is 1.88. The Kier molecular flexibility index (Phi) is 5.78. The van der Waals surface area contributed by atoms with Crippen molar-refractivity contribution in [3.8, 4) is 11.4 Å². The molecule has 3 aromatic heterocycles. The van der Waals surface area contributed by atoms with Crippen LogP contribution >= 0.6 is 0 Å². The number of carboxylic acids is 1. The summed E-state index contributed by atoms with van der Waals surface area (Å²) >= 11 is 0. The number of aliphatic carboxylic acids is 1. The van der Waals surface area contributed by atoms with Crippen molar-refractivity contribution in [2.24, 2.45) is 5.41 Å². The lowest BCUT2D eigenvalue weighted by Crippen LogP contribution is -2.29. The Hall–Kier alpha value is -3.46. The van der Waals surface area contributed by atoms with Gasteiger partial charge >= 0.3 is 5.97 Å². The zero-order valence-corrected chi connectivity index (χ0v) is 21.2. The molecule has 0 aliphatic heterocycles. The average molecular weight is 495 g/mol. The average Bonchev–Trinajstić information content (AvgIpc) is 3.53. The lowest BCUT2D eigenvalue weighted by atomic mass is 9.81. The van der Waals surface area contributed by atoms with Gasteiger partial charge in [0.1, 0.15) is 0 Å². The Labute approximate surface area is 208 Å². The van der Waals surface area contributed by atoms with Gasteiger partial charge in [-0.25, -0.2) is 9.37 Å². The van der Waals surface area contributed by atoms with E-state index in [9.17, 15) is 14.3 Å². The largest absolute Gasteiger partial charge is 0.494 e. The van der Waals surface area contributed by atoms with Crippen molar-refractivity contribution in [3.63, 3.8) is 0 Å². The minimum absolute atomic E-state index is 0.0174. The minimum Gasteiger partial charge on any atom is -0.494 e. The topological polar surface area (TPSA) is 102 Å². The SMILES string of the molecule is COCC(C)(C)c1c([C@@H]2CC[C@@](C)(C(=O)O)C2)c2nc3[nH]ncc3cc2n1-c1ccc(F)c(OC)c1. The predicted octanol–water partition coefficient (Wildman–Crippen LogP) is 5.33. The molecule has 0 saturated heterocycles. The molecule has 0 bridgehead atoms. The highest BCUT2D eigenvalue weighted by molar-refractivity contribution is 5.94. The lowest BCUT2D eigenvalue weighted by Gasteiger charge is -2.29. The van der Waals surface area contributed by atoms with Crippen molar-refractivity contribution in [3.05, 3.63) is 47.5 Å². The summed E-state index contributed by atoms with van der Waals surface area (Å²) < 4.78 is 27.4. The number of fused-ring (bicyclic) bond motifs is 2. The molecule has 1 fully saturated rings. The van der Waals surface area contributed by atoms with Crippen molar-refractivity contribution in [2.75, 3.05) is 20.8 Å². The highest BCUT2D eigenvalue weighted by Gasteiger charge is 2.45. The molecular weight excluding hydrogens is 463 g/mol. The Morgan fingerprint density at radius 3 is 2.78 bits per heavy atom. The molecule has 1 saturated carbocycles. The monoisotopic (exact) mass is 494 g/mol. The molecule has 3 heterocycles. The quantitative estimate of drug-likeness (QED) is 0.360. The third kappa shape index (κ3) is 3.73. The third-order valence-electron chi connectivity index (χ3n) is 7.59. The first-order chi connectivity index (χ1) is 17.1. The van der Waals surface area contributed by atoms with Gasteiger partial charge < -0.3 is 19.1 Å². The van der Waals surface area contributed by atoms with E-state index in [0.29, 0.717) is 25.1 Å². The van der Waals surface area contributed by atoms with Crippen LogP contribution in [0.3, 0.4) is 0 Å². The number of nitrogens with zero attached hydrogens (tertiary/aromatic N) is 3. The normalized spacial score (nSPS) is 20.4. The molecule has 4 aromatic rings. The highest BCUT2D eigenvalue weighted by atomic mass is 19.1. The van der Waals surface area contributed by atoms with Crippen LogP contribution in [0.1, 0.15) is 57.2 Å². The minimum atomic E-state index is -0.807. The maximum absolute atomic E-state index is 14.4. The van der Waals surface area contributed by atoms with Gasteiger partial charge in [0.25, 0.3) is 0 Å². The van der Waals surface area contributed by atoms with Crippen LogP contribution in [0.15, 0.2) is 30.5 Å². The first kappa shape index (κ1) is 24.2. The van der Waals surface area contributed by atoms with E-state index in [2.05, 4.69) is 28.6 Å². The third-order valence-corrected chi connectivity index (χ3v) is 7.59. The molecule has 1 aliphatic rings. The predicted molar refractivity (Wildman–Crippen MR) is 134 cm³/mol. The van der Waals surface area contributed by atoms with Gasteiger partial charge in [-0.3, -0.25) is 9.89 Å². The van der Waals surface area contributed by atoms with Crippen LogP contribution in [0.25, 0.3) is 27.8 Å². The van der Waals surface area contributed by atoms with E-state index in [-0.39, 0.29) is 11.7 Å². The first-order valence-corrected chi connectivity index (χ1v) is 12.0. The van der Waals surface area contributed by atoms with Crippen molar-refractivity contribution in [1.82, 2.24) is 19.7 Å². The van der Waals surface area contributed by atoms with E-state index in [1.165, 1.54) is 13.2 Å². The number of methoxy groups -OCH3 is 2. The fraction of sp³-hybridized carbons (Fsp3) is 0.444. The van der Waals surface area contributed by atoms with Crippen molar-refractivity contribution in [2.45, 2.75) is 51.4 Å². The van der Waals surface area contributed by atoms with Gasteiger partial charge in [0, 0.05) is 40.9 Å². The number of halogens is 1. The molecular formula is C27H31FN4O4.